The summed E-state index contributed by atoms with van der Waals surface area (Å²) < 4.78 is 11.0. The maximum absolute atomic E-state index is 11.2. The van der Waals surface area contributed by atoms with Crippen LogP contribution in [0.4, 0.5) is 4.79 Å². The van der Waals surface area contributed by atoms with Crippen molar-refractivity contribution >= 4 is 17.8 Å². The number of benzene rings is 1. The van der Waals surface area contributed by atoms with E-state index in [0.717, 1.165) is 31.2 Å². The zero-order valence-electron chi connectivity index (χ0n) is 14.7. The van der Waals surface area contributed by atoms with Crippen molar-refractivity contribution in [3.05, 3.63) is 35.0 Å². The smallest absolute Gasteiger partial charge is 0.472 e. The van der Waals surface area contributed by atoms with Crippen molar-refractivity contribution in [3.63, 3.8) is 0 Å². The summed E-state index contributed by atoms with van der Waals surface area (Å²) in [6, 6.07) is 7.15. The molecule has 7 heteroatoms. The van der Waals surface area contributed by atoms with Crippen molar-refractivity contribution in [3.8, 4) is 23.0 Å². The predicted octanol–water partition coefficient (Wildman–Crippen LogP) is 5.30. The van der Waals surface area contributed by atoms with Gasteiger partial charge >= 0.3 is 6.16 Å². The Morgan fingerprint density at radius 1 is 1.19 bits per heavy atom. The molecule has 1 fully saturated rings. The lowest BCUT2D eigenvalue weighted by atomic mass is 10.1. The predicted molar refractivity (Wildman–Crippen MR) is 98.1 cm³/mol. The average Bonchev–Trinajstić information content (AvgIpc) is 3.09. The number of ether oxygens (including phenoxy) is 2. The number of carbonyl (C=O) groups is 1. The first kappa shape index (κ1) is 18.5. The molecule has 1 heterocycles. The Labute approximate surface area is 157 Å². The van der Waals surface area contributed by atoms with E-state index in [2.05, 4.69) is 9.97 Å². The van der Waals surface area contributed by atoms with Crippen molar-refractivity contribution in [2.24, 2.45) is 0 Å². The van der Waals surface area contributed by atoms with Crippen molar-refractivity contribution in [1.82, 2.24) is 9.97 Å². The van der Waals surface area contributed by atoms with E-state index >= 15 is 0 Å². The molecule has 0 amide bonds. The number of nitrogens with zero attached hydrogens (tertiary/aromatic N) is 2. The fraction of sp³-hybridized carbons (Fsp3) is 0.421. The first-order valence-corrected chi connectivity index (χ1v) is 9.07. The lowest BCUT2D eigenvalue weighted by Crippen LogP contribution is -2.17. The highest BCUT2D eigenvalue weighted by atomic mass is 35.5. The average molecular weight is 377 g/mol. The van der Waals surface area contributed by atoms with Gasteiger partial charge in [0.2, 0.25) is 5.75 Å². The normalized spacial score (nSPS) is 14.6. The van der Waals surface area contributed by atoms with Crippen molar-refractivity contribution in [2.45, 2.75) is 51.6 Å². The fourth-order valence-electron chi connectivity index (χ4n) is 2.99. The van der Waals surface area contributed by atoms with Gasteiger partial charge in [0.15, 0.2) is 5.82 Å². The first-order chi connectivity index (χ1) is 12.4. The van der Waals surface area contributed by atoms with Crippen LogP contribution in [0.2, 0.25) is 5.02 Å². The Hall–Kier alpha value is -2.34. The number of hydrogen-bond donors (Lipinski definition) is 1. The SMILES string of the molecule is CC(C)c1nc(-c2ccc(Cl)cc2)nc(OC2CCCC2)c1OC(=O)O. The number of hydrogen-bond acceptors (Lipinski definition) is 5. The molecule has 138 valence electrons. The zero-order valence-corrected chi connectivity index (χ0v) is 15.5. The summed E-state index contributed by atoms with van der Waals surface area (Å²) in [6.07, 6.45) is 2.62. The largest absolute Gasteiger partial charge is 0.511 e. The van der Waals surface area contributed by atoms with Gasteiger partial charge in [0, 0.05) is 10.6 Å². The summed E-state index contributed by atoms with van der Waals surface area (Å²) in [4.78, 5) is 20.2. The molecule has 1 saturated carbocycles. The topological polar surface area (TPSA) is 81.5 Å². The molecule has 0 saturated heterocycles. The highest BCUT2D eigenvalue weighted by Gasteiger charge is 2.26. The minimum absolute atomic E-state index is 0.0131. The molecule has 0 atom stereocenters. The monoisotopic (exact) mass is 376 g/mol. The molecule has 0 aliphatic heterocycles. The minimum Gasteiger partial charge on any atom is -0.472 e. The Kier molecular flexibility index (Phi) is 5.61. The summed E-state index contributed by atoms with van der Waals surface area (Å²) in [7, 11) is 0. The minimum atomic E-state index is -1.41. The second-order valence-electron chi connectivity index (χ2n) is 6.62. The van der Waals surface area contributed by atoms with Crippen LogP contribution < -0.4 is 9.47 Å². The molecule has 3 rings (SSSR count). The third-order valence-electron chi connectivity index (χ3n) is 4.28. The van der Waals surface area contributed by atoms with Gasteiger partial charge in [-0.15, -0.1) is 0 Å². The third-order valence-corrected chi connectivity index (χ3v) is 4.53. The van der Waals surface area contributed by atoms with Gasteiger partial charge in [-0.2, -0.15) is 4.98 Å². The standard InChI is InChI=1S/C19H21ClN2O4/c1-11(2)15-16(26-19(23)24)18(25-14-5-3-4-6-14)22-17(21-15)12-7-9-13(20)10-8-12/h7-11,14H,3-6H2,1-2H3,(H,23,24). The summed E-state index contributed by atoms with van der Waals surface area (Å²) in [5, 5.41) is 9.74. The van der Waals surface area contributed by atoms with Crippen LogP contribution in [0.5, 0.6) is 11.6 Å². The molecule has 26 heavy (non-hydrogen) atoms. The quantitative estimate of drug-likeness (QED) is 0.713. The van der Waals surface area contributed by atoms with E-state index in [1.165, 1.54) is 0 Å². The van der Waals surface area contributed by atoms with Gasteiger partial charge in [-0.3, -0.25) is 0 Å². The van der Waals surface area contributed by atoms with E-state index in [9.17, 15) is 4.79 Å². The zero-order chi connectivity index (χ0) is 18.7. The summed E-state index contributed by atoms with van der Waals surface area (Å²) in [5.74, 6) is 0.653. The van der Waals surface area contributed by atoms with E-state index in [1.54, 1.807) is 12.1 Å². The van der Waals surface area contributed by atoms with Gasteiger partial charge in [0.25, 0.3) is 5.88 Å². The van der Waals surface area contributed by atoms with E-state index in [4.69, 9.17) is 26.2 Å². The van der Waals surface area contributed by atoms with Crippen LogP contribution in [0.15, 0.2) is 24.3 Å². The molecule has 0 unspecified atom stereocenters. The van der Waals surface area contributed by atoms with Gasteiger partial charge in [0.05, 0.1) is 5.69 Å². The second kappa shape index (κ2) is 7.91. The molecule has 0 spiro atoms. The Bertz CT molecular complexity index is 787. The molecule has 2 aromatic rings. The molecule has 6 nitrogen and oxygen atoms in total. The Morgan fingerprint density at radius 2 is 1.85 bits per heavy atom. The van der Waals surface area contributed by atoms with Crippen LogP contribution in [-0.4, -0.2) is 27.3 Å². The van der Waals surface area contributed by atoms with E-state index < -0.39 is 6.16 Å². The lowest BCUT2D eigenvalue weighted by Gasteiger charge is -2.19. The van der Waals surface area contributed by atoms with E-state index in [1.807, 2.05) is 26.0 Å². The Balaban J connectivity index is 2.09. The molecule has 0 radical (unpaired) electrons. The highest BCUT2D eigenvalue weighted by molar-refractivity contribution is 6.30. The van der Waals surface area contributed by atoms with Crippen LogP contribution >= 0.6 is 11.6 Å². The van der Waals surface area contributed by atoms with E-state index in [0.29, 0.717) is 16.5 Å². The van der Waals surface area contributed by atoms with Gasteiger partial charge in [-0.25, -0.2) is 9.78 Å². The van der Waals surface area contributed by atoms with Crippen molar-refractivity contribution in [1.29, 1.82) is 0 Å². The number of rotatable bonds is 5. The van der Waals surface area contributed by atoms with Gasteiger partial charge in [0.1, 0.15) is 6.10 Å². The number of aromatic nitrogens is 2. The van der Waals surface area contributed by atoms with Crippen LogP contribution in [-0.2, 0) is 0 Å². The lowest BCUT2D eigenvalue weighted by molar-refractivity contribution is 0.136. The van der Waals surface area contributed by atoms with Crippen LogP contribution in [0.1, 0.15) is 51.1 Å². The molecular weight excluding hydrogens is 356 g/mol. The third kappa shape index (κ3) is 4.25. The Morgan fingerprint density at radius 3 is 2.42 bits per heavy atom. The van der Waals surface area contributed by atoms with Gasteiger partial charge < -0.3 is 14.6 Å². The maximum Gasteiger partial charge on any atom is 0.511 e. The number of carboxylic acid groups (broad SMARTS) is 1. The molecule has 1 aliphatic carbocycles. The molecule has 1 N–H and O–H groups in total. The summed E-state index contributed by atoms with van der Waals surface area (Å²) in [5.41, 5.74) is 1.27. The molecule has 1 aromatic heterocycles. The van der Waals surface area contributed by atoms with Crippen molar-refractivity contribution < 1.29 is 19.4 Å². The van der Waals surface area contributed by atoms with Crippen LogP contribution in [0.3, 0.4) is 0 Å². The second-order valence-corrected chi connectivity index (χ2v) is 7.06. The molecule has 1 aromatic carbocycles. The van der Waals surface area contributed by atoms with E-state index in [-0.39, 0.29) is 23.7 Å². The molecule has 1 aliphatic rings. The van der Waals surface area contributed by atoms with Crippen LogP contribution in [0, 0.1) is 0 Å². The summed E-state index contributed by atoms with van der Waals surface area (Å²) in [6.45, 7) is 3.84. The maximum atomic E-state index is 11.2. The first-order valence-electron chi connectivity index (χ1n) is 8.69. The summed E-state index contributed by atoms with van der Waals surface area (Å²) >= 11 is 5.96. The van der Waals surface area contributed by atoms with Gasteiger partial charge in [-0.1, -0.05) is 25.4 Å². The van der Waals surface area contributed by atoms with Crippen LogP contribution in [0.25, 0.3) is 11.4 Å². The molecular formula is C19H21ClN2O4. The highest BCUT2D eigenvalue weighted by Crippen LogP contribution is 2.37. The van der Waals surface area contributed by atoms with Crippen molar-refractivity contribution in [2.75, 3.05) is 0 Å². The molecule has 0 bridgehead atoms. The fourth-order valence-corrected chi connectivity index (χ4v) is 3.12. The van der Waals surface area contributed by atoms with Gasteiger partial charge in [-0.05, 0) is 55.9 Å². The number of halogens is 1.